The van der Waals surface area contributed by atoms with Crippen LogP contribution in [0.2, 0.25) is 0 Å². The number of ether oxygens (including phenoxy) is 1. The minimum absolute atomic E-state index is 0.0680. The summed E-state index contributed by atoms with van der Waals surface area (Å²) in [6.07, 6.45) is -1.02. The van der Waals surface area contributed by atoms with Gasteiger partial charge in [0.1, 0.15) is 5.82 Å². The minimum atomic E-state index is -1.02. The second-order valence-electron chi connectivity index (χ2n) is 6.06. The highest BCUT2D eigenvalue weighted by atomic mass is 19.1. The second kappa shape index (κ2) is 7.35. The average Bonchev–Trinajstić information content (AvgIpc) is 2.63. The lowest BCUT2D eigenvalue weighted by Crippen LogP contribution is -2.30. The normalized spacial score (nSPS) is 11.8. The lowest BCUT2D eigenvalue weighted by atomic mass is 10.1. The highest BCUT2D eigenvalue weighted by Crippen LogP contribution is 2.19. The molecule has 1 atom stereocenters. The number of rotatable bonds is 4. The third-order valence-electron chi connectivity index (χ3n) is 4.08. The van der Waals surface area contributed by atoms with Gasteiger partial charge in [0.15, 0.2) is 6.10 Å². The molecule has 0 spiro atoms. The number of carbonyl (C=O) groups is 2. The van der Waals surface area contributed by atoms with Gasteiger partial charge in [-0.1, -0.05) is 36.4 Å². The summed E-state index contributed by atoms with van der Waals surface area (Å²) in [7, 11) is 0. The van der Waals surface area contributed by atoms with Gasteiger partial charge in [0.2, 0.25) is 0 Å². The molecule has 0 radical (unpaired) electrons. The Morgan fingerprint density at radius 3 is 2.46 bits per heavy atom. The smallest absolute Gasteiger partial charge is 0.339 e. The molecule has 132 valence electrons. The Morgan fingerprint density at radius 1 is 1.00 bits per heavy atom. The molecule has 1 amide bonds. The highest BCUT2D eigenvalue weighted by molar-refractivity contribution is 5.98. The van der Waals surface area contributed by atoms with Gasteiger partial charge in [0.05, 0.1) is 5.56 Å². The van der Waals surface area contributed by atoms with Crippen LogP contribution in [-0.2, 0) is 9.53 Å². The third-order valence-corrected chi connectivity index (χ3v) is 4.08. The molecule has 3 rings (SSSR count). The quantitative estimate of drug-likeness (QED) is 0.706. The molecule has 0 saturated heterocycles. The van der Waals surface area contributed by atoms with E-state index in [2.05, 4.69) is 5.32 Å². The molecule has 26 heavy (non-hydrogen) atoms. The molecule has 5 heteroatoms. The average molecular weight is 351 g/mol. The lowest BCUT2D eigenvalue weighted by molar-refractivity contribution is -0.123. The van der Waals surface area contributed by atoms with Gasteiger partial charge >= 0.3 is 5.97 Å². The Hall–Kier alpha value is -3.21. The van der Waals surface area contributed by atoms with E-state index in [1.54, 1.807) is 13.0 Å². The zero-order chi connectivity index (χ0) is 18.7. The van der Waals surface area contributed by atoms with Crippen LogP contribution in [0.4, 0.5) is 10.1 Å². The van der Waals surface area contributed by atoms with Crippen molar-refractivity contribution in [3.63, 3.8) is 0 Å². The summed E-state index contributed by atoms with van der Waals surface area (Å²) in [4.78, 5) is 24.4. The molecular formula is C21H18FNO3. The van der Waals surface area contributed by atoms with Crippen LogP contribution < -0.4 is 5.32 Å². The van der Waals surface area contributed by atoms with Crippen LogP contribution in [0.1, 0.15) is 22.8 Å². The number of carbonyl (C=O) groups excluding carboxylic acids is 2. The summed E-state index contributed by atoms with van der Waals surface area (Å²) in [6.45, 7) is 3.07. The van der Waals surface area contributed by atoms with Crippen LogP contribution in [0.3, 0.4) is 0 Å². The van der Waals surface area contributed by atoms with Crippen molar-refractivity contribution in [2.75, 3.05) is 5.32 Å². The van der Waals surface area contributed by atoms with Crippen molar-refractivity contribution in [2.45, 2.75) is 20.0 Å². The fourth-order valence-corrected chi connectivity index (χ4v) is 2.51. The number of benzene rings is 3. The van der Waals surface area contributed by atoms with Gasteiger partial charge in [-0.3, -0.25) is 4.79 Å². The molecule has 0 bridgehead atoms. The first-order chi connectivity index (χ1) is 12.4. The molecule has 0 saturated carbocycles. The zero-order valence-electron chi connectivity index (χ0n) is 14.5. The largest absolute Gasteiger partial charge is 0.449 e. The lowest BCUT2D eigenvalue weighted by Gasteiger charge is -2.14. The highest BCUT2D eigenvalue weighted by Gasteiger charge is 2.19. The zero-order valence-corrected chi connectivity index (χ0v) is 14.5. The van der Waals surface area contributed by atoms with Gasteiger partial charge in [-0.05, 0) is 54.4 Å². The number of nitrogens with one attached hydrogen (secondary N) is 1. The second-order valence-corrected chi connectivity index (χ2v) is 6.06. The van der Waals surface area contributed by atoms with Crippen molar-refractivity contribution in [1.82, 2.24) is 0 Å². The van der Waals surface area contributed by atoms with E-state index in [9.17, 15) is 14.0 Å². The van der Waals surface area contributed by atoms with Crippen LogP contribution in [0.25, 0.3) is 10.8 Å². The summed E-state index contributed by atoms with van der Waals surface area (Å²) in [6, 6.07) is 17.4. The Morgan fingerprint density at radius 2 is 1.73 bits per heavy atom. The Kier molecular flexibility index (Phi) is 4.98. The summed E-state index contributed by atoms with van der Waals surface area (Å²) in [5, 5.41) is 4.77. The molecule has 0 aliphatic rings. The molecule has 3 aromatic carbocycles. The van der Waals surface area contributed by atoms with Crippen LogP contribution in [0.15, 0.2) is 60.7 Å². The first kappa shape index (κ1) is 17.6. The topological polar surface area (TPSA) is 55.4 Å². The van der Waals surface area contributed by atoms with Crippen molar-refractivity contribution >= 4 is 28.3 Å². The Balaban J connectivity index is 1.66. The standard InChI is InChI=1S/C21H18FNO3/c1-13-7-8-17(12-19(13)22)21(25)26-14(2)20(24)23-18-10-9-15-5-3-4-6-16(15)11-18/h3-12,14H,1-2H3,(H,23,24)/t14-/m0/s1. The van der Waals surface area contributed by atoms with Crippen LogP contribution in [0.5, 0.6) is 0 Å². The van der Waals surface area contributed by atoms with Gasteiger partial charge < -0.3 is 10.1 Å². The van der Waals surface area contributed by atoms with E-state index in [4.69, 9.17) is 4.74 Å². The maximum absolute atomic E-state index is 13.6. The van der Waals surface area contributed by atoms with Crippen molar-refractivity contribution in [1.29, 1.82) is 0 Å². The summed E-state index contributed by atoms with van der Waals surface area (Å²) < 4.78 is 18.7. The Labute approximate surface area is 150 Å². The number of halogens is 1. The Bertz CT molecular complexity index is 984. The number of fused-ring (bicyclic) bond motifs is 1. The summed E-state index contributed by atoms with van der Waals surface area (Å²) >= 11 is 0. The predicted molar refractivity (Wildman–Crippen MR) is 98.6 cm³/mol. The maximum Gasteiger partial charge on any atom is 0.339 e. The maximum atomic E-state index is 13.6. The van der Waals surface area contributed by atoms with Gasteiger partial charge in [-0.2, -0.15) is 0 Å². The van der Waals surface area contributed by atoms with E-state index in [-0.39, 0.29) is 5.56 Å². The molecule has 0 unspecified atom stereocenters. The molecule has 1 N–H and O–H groups in total. The first-order valence-electron chi connectivity index (χ1n) is 8.21. The van der Waals surface area contributed by atoms with Crippen molar-refractivity contribution in [3.05, 3.63) is 77.6 Å². The summed E-state index contributed by atoms with van der Waals surface area (Å²) in [5.74, 6) is -1.70. The van der Waals surface area contributed by atoms with E-state index < -0.39 is 23.8 Å². The van der Waals surface area contributed by atoms with E-state index in [0.717, 1.165) is 16.8 Å². The molecule has 0 aliphatic carbocycles. The van der Waals surface area contributed by atoms with Gasteiger partial charge in [0, 0.05) is 5.69 Å². The monoisotopic (exact) mass is 351 g/mol. The van der Waals surface area contributed by atoms with E-state index in [0.29, 0.717) is 11.3 Å². The SMILES string of the molecule is Cc1ccc(C(=O)O[C@@H](C)C(=O)Nc2ccc3ccccc3c2)cc1F. The van der Waals surface area contributed by atoms with Gasteiger partial charge in [0.25, 0.3) is 5.91 Å². The summed E-state index contributed by atoms with van der Waals surface area (Å²) in [5.41, 5.74) is 1.11. The van der Waals surface area contributed by atoms with E-state index >= 15 is 0 Å². The minimum Gasteiger partial charge on any atom is -0.449 e. The number of aryl methyl sites for hydroxylation is 1. The fraction of sp³-hybridized carbons (Fsp3) is 0.143. The number of hydrogen-bond donors (Lipinski definition) is 1. The molecular weight excluding hydrogens is 333 g/mol. The molecule has 0 heterocycles. The molecule has 0 aromatic heterocycles. The molecule has 0 fully saturated rings. The van der Waals surface area contributed by atoms with Crippen LogP contribution >= 0.6 is 0 Å². The number of amides is 1. The molecule has 0 aliphatic heterocycles. The van der Waals surface area contributed by atoms with Crippen molar-refractivity contribution in [3.8, 4) is 0 Å². The fourth-order valence-electron chi connectivity index (χ4n) is 2.51. The van der Waals surface area contributed by atoms with Crippen molar-refractivity contribution in [2.24, 2.45) is 0 Å². The third kappa shape index (κ3) is 3.88. The van der Waals surface area contributed by atoms with Gasteiger partial charge in [-0.15, -0.1) is 0 Å². The van der Waals surface area contributed by atoms with E-state index in [1.165, 1.54) is 19.1 Å². The van der Waals surface area contributed by atoms with Crippen LogP contribution in [-0.4, -0.2) is 18.0 Å². The molecule has 4 nitrogen and oxygen atoms in total. The number of esters is 1. The van der Waals surface area contributed by atoms with Crippen molar-refractivity contribution < 1.29 is 18.7 Å². The predicted octanol–water partition coefficient (Wildman–Crippen LogP) is 4.47. The number of hydrogen-bond acceptors (Lipinski definition) is 3. The molecule has 3 aromatic rings. The number of anilines is 1. The first-order valence-corrected chi connectivity index (χ1v) is 8.21. The van der Waals surface area contributed by atoms with Gasteiger partial charge in [-0.25, -0.2) is 9.18 Å². The van der Waals surface area contributed by atoms with Crippen LogP contribution in [0, 0.1) is 12.7 Å². The van der Waals surface area contributed by atoms with E-state index in [1.807, 2.05) is 36.4 Å².